The highest BCUT2D eigenvalue weighted by Gasteiger charge is 2.18. The number of aromatic nitrogens is 1. The molecule has 0 atom stereocenters. The first-order chi connectivity index (χ1) is 7.70. The van der Waals surface area contributed by atoms with Crippen molar-refractivity contribution in [3.05, 3.63) is 23.8 Å². The number of hydrogen-bond donors (Lipinski definition) is 0. The van der Waals surface area contributed by atoms with Gasteiger partial charge in [-0.05, 0) is 19.4 Å². The molecule has 0 aliphatic rings. The summed E-state index contributed by atoms with van der Waals surface area (Å²) in [6, 6.07) is 1.26. The Morgan fingerprint density at radius 2 is 2.31 bits per heavy atom. The summed E-state index contributed by atoms with van der Waals surface area (Å²) in [5.41, 5.74) is -0.0158. The predicted octanol–water partition coefficient (Wildman–Crippen LogP) is 1.84. The highest BCUT2D eigenvalue weighted by Crippen LogP contribution is 2.11. The van der Waals surface area contributed by atoms with E-state index in [1.165, 1.54) is 12.3 Å². The summed E-state index contributed by atoms with van der Waals surface area (Å²) in [5.74, 6) is -1.17. The van der Waals surface area contributed by atoms with Gasteiger partial charge in [0.05, 0.1) is 6.61 Å². The van der Waals surface area contributed by atoms with Gasteiger partial charge in [-0.3, -0.25) is 0 Å². The van der Waals surface area contributed by atoms with E-state index in [1.807, 2.05) is 0 Å². The number of aryl methyl sites for hydroxylation is 1. The van der Waals surface area contributed by atoms with E-state index >= 15 is 0 Å². The fourth-order valence-corrected chi connectivity index (χ4v) is 1.43. The Morgan fingerprint density at radius 1 is 1.56 bits per heavy atom. The number of carbonyl (C=O) groups is 1. The number of halogens is 1. The maximum atomic E-state index is 13.3. The van der Waals surface area contributed by atoms with Crippen LogP contribution in [0.5, 0.6) is 0 Å². The predicted molar refractivity (Wildman–Crippen MR) is 56.8 cm³/mol. The largest absolute Gasteiger partial charge is 0.461 e. The van der Waals surface area contributed by atoms with Crippen LogP contribution in [0.15, 0.2) is 12.3 Å². The number of hydrogen-bond acceptors (Lipinski definition) is 3. The molecule has 16 heavy (non-hydrogen) atoms. The number of nitrogens with zero attached hydrogens (tertiary/aromatic N) is 1. The van der Waals surface area contributed by atoms with E-state index in [2.05, 4.69) is 0 Å². The maximum Gasteiger partial charge on any atom is 0.358 e. The lowest BCUT2D eigenvalue weighted by molar-refractivity contribution is 0.0507. The van der Waals surface area contributed by atoms with E-state index in [0.717, 1.165) is 6.42 Å². The molecule has 0 radical (unpaired) electrons. The molecule has 5 heteroatoms. The topological polar surface area (TPSA) is 40.5 Å². The van der Waals surface area contributed by atoms with E-state index < -0.39 is 11.8 Å². The molecule has 1 aromatic heterocycles. The van der Waals surface area contributed by atoms with E-state index in [-0.39, 0.29) is 12.3 Å². The van der Waals surface area contributed by atoms with E-state index in [1.54, 1.807) is 18.6 Å². The Kier molecular flexibility index (Phi) is 4.98. The number of ether oxygens (including phenoxy) is 2. The highest BCUT2D eigenvalue weighted by molar-refractivity contribution is 5.88. The monoisotopic (exact) mass is 229 g/mol. The van der Waals surface area contributed by atoms with Crippen molar-refractivity contribution in [1.29, 1.82) is 0 Å². The number of carbonyl (C=O) groups excluding carboxylic acids is 1. The molecule has 4 nitrogen and oxygen atoms in total. The second kappa shape index (κ2) is 6.27. The lowest BCUT2D eigenvalue weighted by Gasteiger charge is -2.08. The van der Waals surface area contributed by atoms with Gasteiger partial charge >= 0.3 is 5.97 Å². The first kappa shape index (κ1) is 12.7. The van der Waals surface area contributed by atoms with Crippen molar-refractivity contribution < 1.29 is 18.7 Å². The van der Waals surface area contributed by atoms with Crippen LogP contribution in [0.2, 0.25) is 0 Å². The van der Waals surface area contributed by atoms with Crippen LogP contribution in [0.3, 0.4) is 0 Å². The number of rotatable bonds is 6. The third-order valence-corrected chi connectivity index (χ3v) is 2.13. The van der Waals surface area contributed by atoms with Crippen LogP contribution in [0.25, 0.3) is 0 Å². The molecule has 0 spiro atoms. The van der Waals surface area contributed by atoms with Gasteiger partial charge in [0.25, 0.3) is 0 Å². The molecule has 0 bridgehead atoms. The van der Waals surface area contributed by atoms with Crippen LogP contribution < -0.4 is 0 Å². The third kappa shape index (κ3) is 3.06. The molecule has 0 fully saturated rings. The fraction of sp³-hybridized carbons (Fsp3) is 0.545. The van der Waals surface area contributed by atoms with Gasteiger partial charge in [0, 0.05) is 26.5 Å². The van der Waals surface area contributed by atoms with Gasteiger partial charge in [0.15, 0.2) is 11.5 Å². The van der Waals surface area contributed by atoms with Crippen molar-refractivity contribution in [3.8, 4) is 0 Å². The molecule has 0 aromatic carbocycles. The first-order valence-electron chi connectivity index (χ1n) is 5.21. The molecule has 0 amide bonds. The Labute approximate surface area is 94.0 Å². The van der Waals surface area contributed by atoms with Gasteiger partial charge in [-0.1, -0.05) is 0 Å². The standard InChI is InChI=1S/C11H16FNO3/c1-3-16-11(14)10-9(12)5-7-13(10)6-4-8-15-2/h5,7H,3-4,6,8H2,1-2H3. The molecule has 0 saturated carbocycles. The van der Waals surface area contributed by atoms with Gasteiger partial charge in [-0.15, -0.1) is 0 Å². The maximum absolute atomic E-state index is 13.3. The van der Waals surface area contributed by atoms with Crippen molar-refractivity contribution in [2.24, 2.45) is 0 Å². The quantitative estimate of drug-likeness (QED) is 0.552. The normalized spacial score (nSPS) is 10.4. The number of esters is 1. The van der Waals surface area contributed by atoms with Gasteiger partial charge in [-0.25, -0.2) is 9.18 Å². The summed E-state index contributed by atoms with van der Waals surface area (Å²) < 4.78 is 24.6. The average Bonchev–Trinajstić information content (AvgIpc) is 2.61. The lowest BCUT2D eigenvalue weighted by atomic mass is 10.4. The Balaban J connectivity index is 2.73. The average molecular weight is 229 g/mol. The third-order valence-electron chi connectivity index (χ3n) is 2.13. The van der Waals surface area contributed by atoms with Gasteiger partial charge in [0.1, 0.15) is 0 Å². The zero-order valence-corrected chi connectivity index (χ0v) is 9.53. The van der Waals surface area contributed by atoms with Crippen molar-refractivity contribution in [2.75, 3.05) is 20.3 Å². The molecule has 0 N–H and O–H groups in total. The number of methoxy groups -OCH3 is 1. The molecule has 0 aliphatic heterocycles. The van der Waals surface area contributed by atoms with Crippen molar-refractivity contribution in [2.45, 2.75) is 19.9 Å². The van der Waals surface area contributed by atoms with Crippen molar-refractivity contribution in [1.82, 2.24) is 4.57 Å². The lowest BCUT2D eigenvalue weighted by Crippen LogP contribution is -2.14. The van der Waals surface area contributed by atoms with Crippen LogP contribution in [0.4, 0.5) is 4.39 Å². The van der Waals surface area contributed by atoms with E-state index in [9.17, 15) is 9.18 Å². The molecule has 1 heterocycles. The molecule has 1 rings (SSSR count). The van der Waals surface area contributed by atoms with E-state index in [4.69, 9.17) is 9.47 Å². The molecule has 0 saturated heterocycles. The SMILES string of the molecule is CCOC(=O)c1c(F)ccn1CCCOC. The summed E-state index contributed by atoms with van der Waals surface area (Å²) in [6.45, 7) is 3.03. The molecular weight excluding hydrogens is 213 g/mol. The Morgan fingerprint density at radius 3 is 2.94 bits per heavy atom. The highest BCUT2D eigenvalue weighted by atomic mass is 19.1. The fourth-order valence-electron chi connectivity index (χ4n) is 1.43. The van der Waals surface area contributed by atoms with Crippen LogP contribution in [-0.2, 0) is 16.0 Å². The zero-order valence-electron chi connectivity index (χ0n) is 9.53. The van der Waals surface area contributed by atoms with Crippen LogP contribution >= 0.6 is 0 Å². The molecule has 1 aromatic rings. The van der Waals surface area contributed by atoms with Gasteiger partial charge < -0.3 is 14.0 Å². The van der Waals surface area contributed by atoms with Crippen LogP contribution in [0, 0.1) is 5.82 Å². The summed E-state index contributed by atoms with van der Waals surface area (Å²) in [7, 11) is 1.60. The minimum absolute atomic E-state index is 0.0158. The van der Waals surface area contributed by atoms with E-state index in [0.29, 0.717) is 13.2 Å². The van der Waals surface area contributed by atoms with Crippen LogP contribution in [-0.4, -0.2) is 30.9 Å². The minimum Gasteiger partial charge on any atom is -0.461 e. The smallest absolute Gasteiger partial charge is 0.358 e. The molecule has 0 unspecified atom stereocenters. The Bertz CT molecular complexity index is 349. The summed E-state index contributed by atoms with van der Waals surface area (Å²) in [4.78, 5) is 11.5. The molecule has 0 aliphatic carbocycles. The first-order valence-corrected chi connectivity index (χ1v) is 5.21. The van der Waals surface area contributed by atoms with Crippen molar-refractivity contribution in [3.63, 3.8) is 0 Å². The molecule has 90 valence electrons. The summed E-state index contributed by atoms with van der Waals surface area (Å²) >= 11 is 0. The summed E-state index contributed by atoms with van der Waals surface area (Å²) in [6.07, 6.45) is 2.26. The second-order valence-electron chi connectivity index (χ2n) is 3.27. The van der Waals surface area contributed by atoms with Gasteiger partial charge in [0.2, 0.25) is 0 Å². The second-order valence-corrected chi connectivity index (χ2v) is 3.27. The zero-order chi connectivity index (χ0) is 12.0. The molecular formula is C11H16FNO3. The van der Waals surface area contributed by atoms with Gasteiger partial charge in [-0.2, -0.15) is 0 Å². The Hall–Kier alpha value is -1.36. The van der Waals surface area contributed by atoms with Crippen LogP contribution in [0.1, 0.15) is 23.8 Å². The minimum atomic E-state index is -0.623. The summed E-state index contributed by atoms with van der Waals surface area (Å²) in [5, 5.41) is 0. The van der Waals surface area contributed by atoms with Crippen molar-refractivity contribution >= 4 is 5.97 Å².